The first-order valence-electron chi connectivity index (χ1n) is 15.7. The number of rotatable bonds is 5. The van der Waals surface area contributed by atoms with Crippen LogP contribution in [0.1, 0.15) is 119 Å². The smallest absolute Gasteiger partial charge is 0.309 e. The molecule has 5 rings (SSSR count). The highest BCUT2D eigenvalue weighted by molar-refractivity contribution is 5.95. The predicted molar refractivity (Wildman–Crippen MR) is 154 cm³/mol. The number of carbonyl (C=O) groups is 4. The minimum Gasteiger partial charge on any atom is -0.481 e. The molecule has 5 aliphatic rings. The van der Waals surface area contributed by atoms with Crippen molar-refractivity contribution in [2.75, 3.05) is 0 Å². The van der Waals surface area contributed by atoms with Gasteiger partial charge in [-0.05, 0) is 104 Å². The Hall–Kier alpha value is -2.18. The van der Waals surface area contributed by atoms with E-state index in [0.29, 0.717) is 19.3 Å². The Morgan fingerprint density at radius 2 is 1.54 bits per heavy atom. The molecule has 0 amide bonds. The molecule has 0 saturated heterocycles. The molecule has 0 bridgehead atoms. The third kappa shape index (κ3) is 4.25. The number of ketones is 1. The summed E-state index contributed by atoms with van der Waals surface area (Å²) in [5, 5.41) is 19.1. The van der Waals surface area contributed by atoms with Crippen molar-refractivity contribution < 1.29 is 34.1 Å². The fourth-order valence-corrected chi connectivity index (χ4v) is 11.0. The molecule has 4 saturated carbocycles. The second-order valence-electron chi connectivity index (χ2n) is 16.3. The van der Waals surface area contributed by atoms with Crippen molar-refractivity contribution >= 4 is 23.7 Å². The summed E-state index contributed by atoms with van der Waals surface area (Å²) in [7, 11) is 0. The van der Waals surface area contributed by atoms with Gasteiger partial charge in [0.15, 0.2) is 5.78 Å². The van der Waals surface area contributed by atoms with E-state index in [-0.39, 0.29) is 69.6 Å². The van der Waals surface area contributed by atoms with E-state index in [4.69, 9.17) is 9.84 Å². The molecule has 0 spiro atoms. The molecule has 4 fully saturated rings. The number of aliphatic carboxylic acids is 2. The SMILES string of the molecule is CC1(C(=O)O)CC[C@]2(C)CC[C@]3(C)C(=CC(=O)[C@@H]4[C@@]5(C)CC[C@H](OC(=O)CCC(=O)O)C(C)(C)C5CC[C@]43C)[C@@H]2C1. The van der Waals surface area contributed by atoms with Crippen LogP contribution < -0.4 is 0 Å². The van der Waals surface area contributed by atoms with Gasteiger partial charge < -0.3 is 14.9 Å². The summed E-state index contributed by atoms with van der Waals surface area (Å²) in [6, 6.07) is 0. The number of carbonyl (C=O) groups excluding carboxylic acids is 2. The first kappa shape index (κ1) is 30.3. The van der Waals surface area contributed by atoms with Crippen molar-refractivity contribution in [2.24, 2.45) is 50.2 Å². The molecular formula is C34H50O7. The van der Waals surface area contributed by atoms with Gasteiger partial charge in [0.25, 0.3) is 0 Å². The first-order valence-corrected chi connectivity index (χ1v) is 15.7. The van der Waals surface area contributed by atoms with Gasteiger partial charge in [-0.25, -0.2) is 0 Å². The number of ether oxygens (including phenoxy) is 1. The third-order valence-corrected chi connectivity index (χ3v) is 13.8. The average molecular weight is 571 g/mol. The molecule has 41 heavy (non-hydrogen) atoms. The average Bonchev–Trinajstić information content (AvgIpc) is 2.86. The number of esters is 1. The van der Waals surface area contributed by atoms with Crippen LogP contribution in [0.2, 0.25) is 0 Å². The highest BCUT2D eigenvalue weighted by atomic mass is 16.5. The first-order chi connectivity index (χ1) is 18.8. The lowest BCUT2D eigenvalue weighted by molar-refractivity contribution is -0.211. The van der Waals surface area contributed by atoms with Crippen LogP contribution in [-0.2, 0) is 23.9 Å². The molecule has 7 heteroatoms. The largest absolute Gasteiger partial charge is 0.481 e. The molecule has 0 aromatic rings. The van der Waals surface area contributed by atoms with E-state index in [9.17, 15) is 24.3 Å². The lowest BCUT2D eigenvalue weighted by atomic mass is 9.33. The maximum atomic E-state index is 14.5. The zero-order chi connectivity index (χ0) is 30.4. The van der Waals surface area contributed by atoms with Gasteiger partial charge in [0, 0.05) is 11.3 Å². The molecule has 0 heterocycles. The molecule has 9 atom stereocenters. The Kier molecular flexibility index (Phi) is 6.95. The van der Waals surface area contributed by atoms with Crippen molar-refractivity contribution in [3.05, 3.63) is 11.6 Å². The third-order valence-electron chi connectivity index (χ3n) is 13.8. The maximum absolute atomic E-state index is 14.5. The zero-order valence-electron chi connectivity index (χ0n) is 26.1. The van der Waals surface area contributed by atoms with Gasteiger partial charge >= 0.3 is 17.9 Å². The number of carboxylic acids is 2. The van der Waals surface area contributed by atoms with Gasteiger partial charge in [0.1, 0.15) is 6.10 Å². The van der Waals surface area contributed by atoms with E-state index in [0.717, 1.165) is 38.5 Å². The number of allylic oxidation sites excluding steroid dienone is 2. The number of hydrogen-bond donors (Lipinski definition) is 2. The quantitative estimate of drug-likeness (QED) is 0.348. The second-order valence-corrected chi connectivity index (χ2v) is 16.3. The van der Waals surface area contributed by atoms with E-state index in [2.05, 4.69) is 41.5 Å². The van der Waals surface area contributed by atoms with E-state index >= 15 is 0 Å². The van der Waals surface area contributed by atoms with Crippen molar-refractivity contribution in [1.29, 1.82) is 0 Å². The maximum Gasteiger partial charge on any atom is 0.309 e. The summed E-state index contributed by atoms with van der Waals surface area (Å²) in [5.74, 6) is -1.87. The number of hydrogen-bond acceptors (Lipinski definition) is 5. The number of carboxylic acid groups (broad SMARTS) is 2. The van der Waals surface area contributed by atoms with Gasteiger partial charge in [0.05, 0.1) is 18.3 Å². The summed E-state index contributed by atoms with van der Waals surface area (Å²) >= 11 is 0. The summed E-state index contributed by atoms with van der Waals surface area (Å²) < 4.78 is 5.91. The second kappa shape index (κ2) is 9.41. The standard InChI is InChI=1S/C34H50O7/c1-29(2)23-10-13-34(7)27(32(23,5)12-11-24(29)41-26(38)9-8-25(36)37)22(35)18-20-21-19-31(4,28(39)40)15-14-30(21,3)16-17-33(20,34)6/h18,21,23-24,27H,8-17,19H2,1-7H3,(H,36,37)(H,39,40)/t21-,23?,24-,27+,30+,31?,32-,33+,34+/m0/s1. The van der Waals surface area contributed by atoms with Crippen molar-refractivity contribution in [2.45, 2.75) is 125 Å². The summed E-state index contributed by atoms with van der Waals surface area (Å²) in [6.45, 7) is 15.5. The molecule has 2 unspecified atom stereocenters. The normalized spacial score (nSPS) is 46.6. The number of fused-ring (bicyclic) bond motifs is 7. The highest BCUT2D eigenvalue weighted by Gasteiger charge is 2.70. The molecule has 0 aliphatic heterocycles. The summed E-state index contributed by atoms with van der Waals surface area (Å²) in [6.07, 6.45) is 8.80. The van der Waals surface area contributed by atoms with Crippen LogP contribution in [0.15, 0.2) is 11.6 Å². The van der Waals surface area contributed by atoms with Crippen LogP contribution >= 0.6 is 0 Å². The van der Waals surface area contributed by atoms with E-state index in [1.54, 1.807) is 0 Å². The van der Waals surface area contributed by atoms with Gasteiger partial charge in [-0.2, -0.15) is 0 Å². The molecular weight excluding hydrogens is 520 g/mol. The lowest BCUT2D eigenvalue weighted by Gasteiger charge is -2.70. The zero-order valence-corrected chi connectivity index (χ0v) is 26.1. The molecule has 228 valence electrons. The predicted octanol–water partition coefficient (Wildman–Crippen LogP) is 6.83. The van der Waals surface area contributed by atoms with Crippen molar-refractivity contribution in [1.82, 2.24) is 0 Å². The van der Waals surface area contributed by atoms with E-state index in [1.807, 2.05) is 13.0 Å². The van der Waals surface area contributed by atoms with Crippen LogP contribution in [0, 0.1) is 50.2 Å². The summed E-state index contributed by atoms with van der Waals surface area (Å²) in [5.41, 5.74) is -0.553. The monoisotopic (exact) mass is 570 g/mol. The molecule has 5 aliphatic carbocycles. The Labute approximate surface area is 244 Å². The van der Waals surface area contributed by atoms with E-state index < -0.39 is 23.3 Å². The van der Waals surface area contributed by atoms with Crippen molar-refractivity contribution in [3.63, 3.8) is 0 Å². The minimum atomic E-state index is -1.01. The van der Waals surface area contributed by atoms with E-state index in [1.165, 1.54) is 5.57 Å². The topological polar surface area (TPSA) is 118 Å². The van der Waals surface area contributed by atoms with Crippen LogP contribution in [0.3, 0.4) is 0 Å². The fourth-order valence-electron chi connectivity index (χ4n) is 11.0. The molecule has 0 aromatic carbocycles. The minimum absolute atomic E-state index is 0.0233. The van der Waals surface area contributed by atoms with Crippen LogP contribution in [-0.4, -0.2) is 40.0 Å². The highest BCUT2D eigenvalue weighted by Crippen LogP contribution is 2.75. The van der Waals surface area contributed by atoms with Gasteiger partial charge in [-0.1, -0.05) is 47.1 Å². The van der Waals surface area contributed by atoms with Crippen molar-refractivity contribution in [3.8, 4) is 0 Å². The van der Waals surface area contributed by atoms with Gasteiger partial charge in [-0.3, -0.25) is 19.2 Å². The molecule has 0 aromatic heterocycles. The Morgan fingerprint density at radius 3 is 2.17 bits per heavy atom. The molecule has 7 nitrogen and oxygen atoms in total. The summed E-state index contributed by atoms with van der Waals surface area (Å²) in [4.78, 5) is 50.3. The van der Waals surface area contributed by atoms with Gasteiger partial charge in [0.2, 0.25) is 0 Å². The van der Waals surface area contributed by atoms with Gasteiger partial charge in [-0.15, -0.1) is 0 Å². The Bertz CT molecular complexity index is 1200. The lowest BCUT2D eigenvalue weighted by Crippen LogP contribution is -2.66. The van der Waals surface area contributed by atoms with Crippen LogP contribution in [0.4, 0.5) is 0 Å². The Morgan fingerprint density at radius 1 is 0.878 bits per heavy atom. The fraction of sp³-hybridized carbons (Fsp3) is 0.824. The Balaban J connectivity index is 1.49. The molecule has 0 radical (unpaired) electrons. The van der Waals surface area contributed by atoms with Crippen LogP contribution in [0.5, 0.6) is 0 Å². The molecule has 2 N–H and O–H groups in total. The van der Waals surface area contributed by atoms with Crippen LogP contribution in [0.25, 0.3) is 0 Å².